The SMILES string of the molecule is CC(C)(O)C(C)(C)Oc1cn[nH]c1. The summed E-state index contributed by atoms with van der Waals surface area (Å²) in [6, 6.07) is 0. The number of ether oxygens (including phenoxy) is 1. The maximum Gasteiger partial charge on any atom is 0.157 e. The molecule has 0 fully saturated rings. The predicted octanol–water partition coefficient (Wildman–Crippen LogP) is 1.34. The summed E-state index contributed by atoms with van der Waals surface area (Å²) < 4.78 is 5.56. The molecule has 0 saturated heterocycles. The fourth-order valence-electron chi connectivity index (χ4n) is 0.714. The number of aromatic amines is 1. The Bertz CT molecular complexity index is 260. The molecule has 0 aliphatic rings. The molecule has 0 aliphatic carbocycles. The first kappa shape index (κ1) is 10.1. The molecule has 13 heavy (non-hydrogen) atoms. The van der Waals surface area contributed by atoms with Crippen molar-refractivity contribution in [2.45, 2.75) is 38.9 Å². The first-order valence-corrected chi connectivity index (χ1v) is 4.23. The highest BCUT2D eigenvalue weighted by molar-refractivity contribution is 5.13. The summed E-state index contributed by atoms with van der Waals surface area (Å²) in [5.74, 6) is 0.632. The molecule has 1 heterocycles. The van der Waals surface area contributed by atoms with Gasteiger partial charge < -0.3 is 9.84 Å². The summed E-state index contributed by atoms with van der Waals surface area (Å²) in [6.07, 6.45) is 3.22. The van der Waals surface area contributed by atoms with Crippen LogP contribution < -0.4 is 4.74 Å². The number of hydrogen-bond acceptors (Lipinski definition) is 3. The second-order valence-corrected chi connectivity index (χ2v) is 4.11. The molecule has 0 saturated carbocycles. The zero-order chi connectivity index (χ0) is 10.1. The van der Waals surface area contributed by atoms with Crippen molar-refractivity contribution >= 4 is 0 Å². The second kappa shape index (κ2) is 3.03. The molecule has 2 N–H and O–H groups in total. The molecule has 74 valence electrons. The number of aliphatic hydroxyl groups is 1. The Hall–Kier alpha value is -1.03. The third kappa shape index (κ3) is 2.21. The van der Waals surface area contributed by atoms with Crippen molar-refractivity contribution in [1.29, 1.82) is 0 Å². The van der Waals surface area contributed by atoms with Crippen LogP contribution in [0.3, 0.4) is 0 Å². The summed E-state index contributed by atoms with van der Waals surface area (Å²) in [4.78, 5) is 0. The van der Waals surface area contributed by atoms with E-state index in [1.807, 2.05) is 13.8 Å². The van der Waals surface area contributed by atoms with Gasteiger partial charge in [0.25, 0.3) is 0 Å². The summed E-state index contributed by atoms with van der Waals surface area (Å²) in [5.41, 5.74) is -1.54. The zero-order valence-electron chi connectivity index (χ0n) is 8.46. The molecule has 0 spiro atoms. The Balaban J connectivity index is 2.73. The highest BCUT2D eigenvalue weighted by atomic mass is 16.5. The van der Waals surface area contributed by atoms with Gasteiger partial charge in [-0.15, -0.1) is 0 Å². The molecule has 0 aliphatic heterocycles. The summed E-state index contributed by atoms with van der Waals surface area (Å²) >= 11 is 0. The molecule has 0 atom stereocenters. The Kier molecular flexibility index (Phi) is 2.34. The normalized spacial score (nSPS) is 13.0. The predicted molar refractivity (Wildman–Crippen MR) is 49.6 cm³/mol. The molecular weight excluding hydrogens is 168 g/mol. The van der Waals surface area contributed by atoms with E-state index in [4.69, 9.17) is 4.74 Å². The molecule has 1 aromatic heterocycles. The highest BCUT2D eigenvalue weighted by Crippen LogP contribution is 2.26. The summed E-state index contributed by atoms with van der Waals surface area (Å²) in [5, 5.41) is 16.2. The lowest BCUT2D eigenvalue weighted by Crippen LogP contribution is -2.49. The van der Waals surface area contributed by atoms with E-state index in [1.165, 1.54) is 0 Å². The first-order chi connectivity index (χ1) is 5.83. The third-order valence-electron chi connectivity index (χ3n) is 2.32. The Morgan fingerprint density at radius 3 is 2.38 bits per heavy atom. The fraction of sp³-hybridized carbons (Fsp3) is 0.667. The summed E-state index contributed by atoms with van der Waals surface area (Å²) in [6.45, 7) is 7.10. The number of hydrogen-bond donors (Lipinski definition) is 2. The summed E-state index contributed by atoms with van der Waals surface area (Å²) in [7, 11) is 0. The van der Waals surface area contributed by atoms with Gasteiger partial charge in [-0.3, -0.25) is 5.10 Å². The number of nitrogens with one attached hydrogen (secondary N) is 1. The quantitative estimate of drug-likeness (QED) is 0.745. The van der Waals surface area contributed by atoms with Crippen molar-refractivity contribution in [2.24, 2.45) is 0 Å². The van der Waals surface area contributed by atoms with Crippen molar-refractivity contribution in [3.63, 3.8) is 0 Å². The number of nitrogens with zero attached hydrogens (tertiary/aromatic N) is 1. The van der Waals surface area contributed by atoms with Gasteiger partial charge in [0.15, 0.2) is 5.75 Å². The lowest BCUT2D eigenvalue weighted by Gasteiger charge is -2.36. The molecule has 1 aromatic rings. The molecule has 4 nitrogen and oxygen atoms in total. The van der Waals surface area contributed by atoms with E-state index in [1.54, 1.807) is 26.2 Å². The minimum Gasteiger partial charge on any atom is -0.482 e. The van der Waals surface area contributed by atoms with Crippen molar-refractivity contribution in [3.8, 4) is 5.75 Å². The molecule has 0 unspecified atom stereocenters. The Morgan fingerprint density at radius 1 is 1.38 bits per heavy atom. The van der Waals surface area contributed by atoms with Crippen LogP contribution in [0.1, 0.15) is 27.7 Å². The van der Waals surface area contributed by atoms with Gasteiger partial charge in [-0.2, -0.15) is 5.10 Å². The Morgan fingerprint density at radius 2 is 2.00 bits per heavy atom. The lowest BCUT2D eigenvalue weighted by atomic mass is 9.89. The molecular formula is C9H16N2O2. The van der Waals surface area contributed by atoms with Gasteiger partial charge in [0, 0.05) is 0 Å². The molecule has 0 bridgehead atoms. The van der Waals surface area contributed by atoms with Crippen LogP contribution in [0, 0.1) is 0 Å². The maximum atomic E-state index is 9.79. The van der Waals surface area contributed by atoms with Crippen LogP contribution >= 0.6 is 0 Å². The minimum absolute atomic E-state index is 0.632. The standard InChI is InChI=1S/C9H16N2O2/c1-8(2,12)9(3,4)13-7-5-10-11-6-7/h5-6,12H,1-4H3,(H,10,11). The lowest BCUT2D eigenvalue weighted by molar-refractivity contribution is -0.0906. The van der Waals surface area contributed by atoms with Gasteiger partial charge in [0.05, 0.1) is 18.0 Å². The largest absolute Gasteiger partial charge is 0.482 e. The van der Waals surface area contributed by atoms with Crippen molar-refractivity contribution in [3.05, 3.63) is 12.4 Å². The van der Waals surface area contributed by atoms with E-state index in [9.17, 15) is 5.11 Å². The Labute approximate surface area is 77.9 Å². The van der Waals surface area contributed by atoms with Gasteiger partial charge in [-0.1, -0.05) is 0 Å². The average molecular weight is 184 g/mol. The van der Waals surface area contributed by atoms with E-state index in [2.05, 4.69) is 10.2 Å². The third-order valence-corrected chi connectivity index (χ3v) is 2.32. The van der Waals surface area contributed by atoms with Gasteiger partial charge >= 0.3 is 0 Å². The molecule has 1 rings (SSSR count). The van der Waals surface area contributed by atoms with Crippen molar-refractivity contribution in [2.75, 3.05) is 0 Å². The van der Waals surface area contributed by atoms with Crippen molar-refractivity contribution in [1.82, 2.24) is 10.2 Å². The van der Waals surface area contributed by atoms with Crippen molar-refractivity contribution < 1.29 is 9.84 Å². The van der Waals surface area contributed by atoms with Crippen LogP contribution in [0.25, 0.3) is 0 Å². The average Bonchev–Trinajstić information content (AvgIpc) is 2.35. The van der Waals surface area contributed by atoms with Gasteiger partial charge in [-0.05, 0) is 27.7 Å². The topological polar surface area (TPSA) is 58.1 Å². The monoisotopic (exact) mass is 184 g/mol. The van der Waals surface area contributed by atoms with Gasteiger partial charge in [-0.25, -0.2) is 0 Å². The van der Waals surface area contributed by atoms with Crippen LogP contribution in [-0.4, -0.2) is 26.5 Å². The molecule has 0 aromatic carbocycles. The number of H-pyrrole nitrogens is 1. The first-order valence-electron chi connectivity index (χ1n) is 4.23. The smallest absolute Gasteiger partial charge is 0.157 e. The van der Waals surface area contributed by atoms with Crippen LogP contribution in [0.5, 0.6) is 5.75 Å². The van der Waals surface area contributed by atoms with Crippen LogP contribution in [0.15, 0.2) is 12.4 Å². The van der Waals surface area contributed by atoms with Crippen LogP contribution in [-0.2, 0) is 0 Å². The second-order valence-electron chi connectivity index (χ2n) is 4.11. The van der Waals surface area contributed by atoms with Gasteiger partial charge in [0.2, 0.25) is 0 Å². The highest BCUT2D eigenvalue weighted by Gasteiger charge is 2.37. The number of aromatic nitrogens is 2. The van der Waals surface area contributed by atoms with Crippen LogP contribution in [0.4, 0.5) is 0 Å². The van der Waals surface area contributed by atoms with E-state index in [0.29, 0.717) is 5.75 Å². The zero-order valence-corrected chi connectivity index (χ0v) is 8.46. The number of rotatable bonds is 3. The molecule has 0 amide bonds. The van der Waals surface area contributed by atoms with E-state index < -0.39 is 11.2 Å². The maximum absolute atomic E-state index is 9.79. The minimum atomic E-state index is -0.899. The van der Waals surface area contributed by atoms with E-state index >= 15 is 0 Å². The van der Waals surface area contributed by atoms with E-state index in [-0.39, 0.29) is 0 Å². The molecule has 0 radical (unpaired) electrons. The van der Waals surface area contributed by atoms with Crippen LogP contribution in [0.2, 0.25) is 0 Å². The fourth-order valence-corrected chi connectivity index (χ4v) is 0.714. The van der Waals surface area contributed by atoms with Gasteiger partial charge in [0.1, 0.15) is 5.60 Å². The van der Waals surface area contributed by atoms with E-state index in [0.717, 1.165) is 0 Å². The molecule has 4 heteroatoms.